The Balaban J connectivity index is 2.28. The molecule has 2 rings (SSSR count). The van der Waals surface area contributed by atoms with E-state index in [0.29, 0.717) is 11.3 Å². The first-order valence-corrected chi connectivity index (χ1v) is 5.65. The fraction of sp³-hybridized carbons (Fsp3) is 0.545. The van der Waals surface area contributed by atoms with Crippen molar-refractivity contribution in [2.45, 2.75) is 26.2 Å². The van der Waals surface area contributed by atoms with Crippen LogP contribution >= 0.6 is 11.3 Å². The van der Waals surface area contributed by atoms with Crippen molar-refractivity contribution in [2.75, 3.05) is 7.11 Å². The minimum atomic E-state index is -0.205. The molecule has 1 aliphatic rings. The van der Waals surface area contributed by atoms with Crippen LogP contribution in [0.4, 0.5) is 0 Å². The van der Waals surface area contributed by atoms with Gasteiger partial charge in [0, 0.05) is 5.38 Å². The van der Waals surface area contributed by atoms with E-state index in [1.54, 1.807) is 11.3 Å². The zero-order valence-electron chi connectivity index (χ0n) is 8.66. The molecule has 0 radical (unpaired) electrons. The van der Waals surface area contributed by atoms with E-state index in [0.717, 1.165) is 5.56 Å². The Morgan fingerprint density at radius 2 is 2.21 bits per heavy atom. The van der Waals surface area contributed by atoms with Crippen LogP contribution in [0.1, 0.15) is 42.1 Å². The van der Waals surface area contributed by atoms with E-state index < -0.39 is 0 Å². The molecule has 1 aromatic rings. The smallest absolute Gasteiger partial charge is 0.338 e. The molecule has 1 unspecified atom stereocenters. The molecule has 0 bridgehead atoms. The molecule has 0 aromatic carbocycles. The van der Waals surface area contributed by atoms with Gasteiger partial charge in [-0.2, -0.15) is 11.3 Å². The van der Waals surface area contributed by atoms with Crippen molar-refractivity contribution in [2.24, 2.45) is 5.41 Å². The van der Waals surface area contributed by atoms with E-state index in [1.807, 2.05) is 5.38 Å². The van der Waals surface area contributed by atoms with Gasteiger partial charge in [-0.25, -0.2) is 4.79 Å². The number of hydrogen-bond acceptors (Lipinski definition) is 3. The largest absolute Gasteiger partial charge is 0.465 e. The topological polar surface area (TPSA) is 26.3 Å². The van der Waals surface area contributed by atoms with Gasteiger partial charge >= 0.3 is 5.97 Å². The van der Waals surface area contributed by atoms with Crippen LogP contribution in [0.5, 0.6) is 0 Å². The fourth-order valence-electron chi connectivity index (χ4n) is 1.85. The van der Waals surface area contributed by atoms with Gasteiger partial charge in [0.05, 0.1) is 12.7 Å². The molecule has 1 atom stereocenters. The first-order valence-electron chi connectivity index (χ1n) is 4.70. The molecule has 1 saturated carbocycles. The summed E-state index contributed by atoms with van der Waals surface area (Å²) in [6, 6.07) is 0. The highest BCUT2D eigenvalue weighted by molar-refractivity contribution is 7.08. The molecule has 3 heteroatoms. The first-order chi connectivity index (χ1) is 6.56. The third-order valence-electron chi connectivity index (χ3n) is 2.99. The second-order valence-electron chi connectivity index (χ2n) is 4.48. The molecule has 1 aromatic heterocycles. The Bertz CT molecular complexity index is 365. The Morgan fingerprint density at radius 3 is 2.71 bits per heavy atom. The first kappa shape index (κ1) is 9.71. The third kappa shape index (κ3) is 1.46. The highest BCUT2D eigenvalue weighted by Crippen LogP contribution is 2.59. The van der Waals surface area contributed by atoms with Gasteiger partial charge in [0.25, 0.3) is 0 Å². The van der Waals surface area contributed by atoms with Crippen LogP contribution in [0.2, 0.25) is 0 Å². The van der Waals surface area contributed by atoms with Gasteiger partial charge < -0.3 is 4.74 Å². The van der Waals surface area contributed by atoms with Crippen LogP contribution in [0.3, 0.4) is 0 Å². The highest BCUT2D eigenvalue weighted by atomic mass is 32.1. The van der Waals surface area contributed by atoms with Crippen LogP contribution in [0.15, 0.2) is 10.8 Å². The minimum Gasteiger partial charge on any atom is -0.465 e. The maximum atomic E-state index is 11.4. The van der Waals surface area contributed by atoms with Crippen molar-refractivity contribution in [3.8, 4) is 0 Å². The fourth-order valence-corrected chi connectivity index (χ4v) is 2.73. The van der Waals surface area contributed by atoms with Crippen molar-refractivity contribution in [3.63, 3.8) is 0 Å². The van der Waals surface area contributed by atoms with Crippen LogP contribution in [-0.2, 0) is 4.74 Å². The molecule has 76 valence electrons. The van der Waals surface area contributed by atoms with Gasteiger partial charge in [-0.05, 0) is 28.7 Å². The van der Waals surface area contributed by atoms with Crippen LogP contribution in [0.25, 0.3) is 0 Å². The minimum absolute atomic E-state index is 0.205. The van der Waals surface area contributed by atoms with Gasteiger partial charge in [-0.3, -0.25) is 0 Å². The second kappa shape index (κ2) is 3.09. The quantitative estimate of drug-likeness (QED) is 0.701. The molecule has 1 aliphatic carbocycles. The molecule has 1 heterocycles. The lowest BCUT2D eigenvalue weighted by atomic mass is 10.0. The Morgan fingerprint density at radius 1 is 1.57 bits per heavy atom. The molecule has 0 saturated heterocycles. The van der Waals surface area contributed by atoms with Gasteiger partial charge in [-0.1, -0.05) is 13.8 Å². The number of methoxy groups -OCH3 is 1. The normalized spacial score (nSPS) is 23.2. The SMILES string of the molecule is COC(=O)c1cscc1C1CC1(C)C. The lowest BCUT2D eigenvalue weighted by Crippen LogP contribution is -2.03. The molecule has 0 spiro atoms. The van der Waals surface area contributed by atoms with Gasteiger partial charge in [-0.15, -0.1) is 0 Å². The molecule has 0 aliphatic heterocycles. The van der Waals surface area contributed by atoms with Crippen molar-refractivity contribution in [1.82, 2.24) is 0 Å². The van der Waals surface area contributed by atoms with Gasteiger partial charge in [0.1, 0.15) is 0 Å². The lowest BCUT2D eigenvalue weighted by molar-refractivity contribution is 0.0600. The maximum absolute atomic E-state index is 11.4. The Hall–Kier alpha value is -0.830. The van der Waals surface area contributed by atoms with E-state index in [-0.39, 0.29) is 5.97 Å². The van der Waals surface area contributed by atoms with Crippen molar-refractivity contribution in [1.29, 1.82) is 0 Å². The summed E-state index contributed by atoms with van der Waals surface area (Å²) in [7, 11) is 1.43. The summed E-state index contributed by atoms with van der Waals surface area (Å²) in [6.45, 7) is 4.47. The average molecular weight is 210 g/mol. The zero-order chi connectivity index (χ0) is 10.3. The highest BCUT2D eigenvalue weighted by Gasteiger charge is 2.48. The number of esters is 1. The molecule has 1 fully saturated rings. The molecular weight excluding hydrogens is 196 g/mol. The number of hydrogen-bond donors (Lipinski definition) is 0. The standard InChI is InChI=1S/C11H14O2S/c1-11(2)4-9(11)7-5-14-6-8(7)10(12)13-3/h5-6,9H,4H2,1-3H3. The van der Waals surface area contributed by atoms with Crippen LogP contribution in [0, 0.1) is 5.41 Å². The molecule has 0 N–H and O–H groups in total. The monoisotopic (exact) mass is 210 g/mol. The van der Waals surface area contributed by atoms with E-state index >= 15 is 0 Å². The summed E-state index contributed by atoms with van der Waals surface area (Å²) >= 11 is 1.58. The predicted molar refractivity (Wildman–Crippen MR) is 56.8 cm³/mol. The Labute approximate surface area is 87.9 Å². The molecular formula is C11H14O2S. The molecule has 0 amide bonds. The summed E-state index contributed by atoms with van der Waals surface area (Å²) < 4.78 is 4.75. The van der Waals surface area contributed by atoms with Crippen molar-refractivity contribution in [3.05, 3.63) is 21.9 Å². The maximum Gasteiger partial charge on any atom is 0.338 e. The van der Waals surface area contributed by atoms with Gasteiger partial charge in [0.15, 0.2) is 0 Å². The van der Waals surface area contributed by atoms with E-state index in [9.17, 15) is 4.79 Å². The second-order valence-corrected chi connectivity index (χ2v) is 5.22. The number of carbonyl (C=O) groups is 1. The van der Waals surface area contributed by atoms with Crippen LogP contribution < -0.4 is 0 Å². The predicted octanol–water partition coefficient (Wildman–Crippen LogP) is 3.05. The average Bonchev–Trinajstić information content (AvgIpc) is 2.63. The third-order valence-corrected chi connectivity index (χ3v) is 3.75. The van der Waals surface area contributed by atoms with Gasteiger partial charge in [0.2, 0.25) is 0 Å². The van der Waals surface area contributed by atoms with Crippen LogP contribution in [-0.4, -0.2) is 13.1 Å². The summed E-state index contributed by atoms with van der Waals surface area (Å²) in [5.74, 6) is 0.340. The summed E-state index contributed by atoms with van der Waals surface area (Å²) in [5, 5.41) is 3.96. The molecule has 2 nitrogen and oxygen atoms in total. The number of carbonyl (C=O) groups excluding carboxylic acids is 1. The Kier molecular flexibility index (Phi) is 2.14. The molecule has 14 heavy (non-hydrogen) atoms. The number of ether oxygens (including phenoxy) is 1. The van der Waals surface area contributed by atoms with Crippen molar-refractivity contribution >= 4 is 17.3 Å². The summed E-state index contributed by atoms with van der Waals surface area (Å²) in [6.07, 6.45) is 1.17. The summed E-state index contributed by atoms with van der Waals surface area (Å²) in [5.41, 5.74) is 2.30. The lowest BCUT2D eigenvalue weighted by Gasteiger charge is -2.03. The van der Waals surface area contributed by atoms with E-state index in [4.69, 9.17) is 4.74 Å². The number of rotatable bonds is 2. The zero-order valence-corrected chi connectivity index (χ0v) is 9.48. The summed E-state index contributed by atoms with van der Waals surface area (Å²) in [4.78, 5) is 11.4. The van der Waals surface area contributed by atoms with Crippen molar-refractivity contribution < 1.29 is 9.53 Å². The number of thiophene rings is 1. The van der Waals surface area contributed by atoms with E-state index in [1.165, 1.54) is 19.1 Å². The van der Waals surface area contributed by atoms with E-state index in [2.05, 4.69) is 19.2 Å².